The Morgan fingerprint density at radius 1 is 0.911 bits per heavy atom. The zero-order valence-corrected chi connectivity index (χ0v) is 33.8. The maximum Gasteiger partial charge on any atom is 0.192 e. The smallest absolute Gasteiger partial charge is 0.192 e. The molecule has 0 radical (unpaired) electrons. The van der Waals surface area contributed by atoms with Crippen LogP contribution in [0.4, 0.5) is 0 Å². The molecule has 1 aromatic rings. The van der Waals surface area contributed by atoms with E-state index in [-0.39, 0.29) is 41.1 Å². The standard InChI is InChI=1S/C38H65IO5Si/c1-15-16-17-28(3)36(42-25-33-18-20-34(41-12)21-19-33)32(7)37(44-45(13,14)38(8,9)10)30(5)23-27(2)22-29(4)35(31(6)24-39)43-26-40-11/h15-22,28-32,35-37H,1,23-26H2,2-14H3/b17-16-,27-22-/t28-,29-,30-,31+,32+,35+,36-,37+/m0/s1. The first-order chi connectivity index (χ1) is 21.0. The summed E-state index contributed by atoms with van der Waals surface area (Å²) >= 11 is 2.45. The lowest BCUT2D eigenvalue weighted by molar-refractivity contribution is -0.0976. The van der Waals surface area contributed by atoms with Crippen LogP contribution in [-0.4, -0.2) is 52.1 Å². The van der Waals surface area contributed by atoms with E-state index in [9.17, 15) is 0 Å². The van der Waals surface area contributed by atoms with Crippen LogP contribution in [-0.2, 0) is 25.2 Å². The Labute approximate surface area is 291 Å². The third-order valence-corrected chi connectivity index (χ3v) is 15.3. The van der Waals surface area contributed by atoms with Gasteiger partial charge in [-0.1, -0.05) is 127 Å². The number of hydrogen-bond acceptors (Lipinski definition) is 5. The molecule has 0 bridgehead atoms. The van der Waals surface area contributed by atoms with Crippen molar-refractivity contribution in [2.45, 2.75) is 112 Å². The average molecular weight is 757 g/mol. The predicted molar refractivity (Wildman–Crippen MR) is 203 cm³/mol. The summed E-state index contributed by atoms with van der Waals surface area (Å²) in [6.07, 6.45) is 9.52. The molecular formula is C38H65IO5Si. The molecule has 0 aromatic heterocycles. The number of ether oxygens (including phenoxy) is 4. The second-order valence-corrected chi connectivity index (χ2v) is 20.2. The Balaban J connectivity index is 3.42. The largest absolute Gasteiger partial charge is 0.497 e. The molecule has 0 heterocycles. The molecule has 8 atom stereocenters. The van der Waals surface area contributed by atoms with E-state index in [4.69, 9.17) is 23.4 Å². The van der Waals surface area contributed by atoms with Gasteiger partial charge in [0.1, 0.15) is 12.5 Å². The SMILES string of the molecule is C=C/C=C\[C@H](C)[C@H](OCc1ccc(OC)cc1)[C@@H](C)[C@H](O[Si](C)(C)C(C)(C)C)[C@@H](C)C/C(C)=C\[C@H](C)[C@@H](OCOC)[C@H](C)CI. The van der Waals surface area contributed by atoms with Crippen molar-refractivity contribution < 1.29 is 23.4 Å². The van der Waals surface area contributed by atoms with E-state index in [1.54, 1.807) is 14.2 Å². The van der Waals surface area contributed by atoms with E-state index in [1.807, 2.05) is 24.3 Å². The zero-order valence-electron chi connectivity index (χ0n) is 30.7. The monoisotopic (exact) mass is 756 g/mol. The highest BCUT2D eigenvalue weighted by molar-refractivity contribution is 14.1. The molecule has 258 valence electrons. The van der Waals surface area contributed by atoms with E-state index < -0.39 is 8.32 Å². The normalized spacial score (nSPS) is 18.6. The molecule has 45 heavy (non-hydrogen) atoms. The Morgan fingerprint density at radius 3 is 2.04 bits per heavy atom. The summed E-state index contributed by atoms with van der Waals surface area (Å²) in [7, 11) is 1.29. The van der Waals surface area contributed by atoms with Crippen LogP contribution in [0.2, 0.25) is 18.1 Å². The van der Waals surface area contributed by atoms with Crippen LogP contribution >= 0.6 is 22.6 Å². The van der Waals surface area contributed by atoms with E-state index in [0.717, 1.165) is 22.2 Å². The number of hydrogen-bond donors (Lipinski definition) is 0. The second-order valence-electron chi connectivity index (χ2n) is 14.5. The molecule has 0 aliphatic rings. The summed E-state index contributed by atoms with van der Waals surface area (Å²) in [5, 5.41) is 0.0966. The van der Waals surface area contributed by atoms with Crippen molar-refractivity contribution in [1.29, 1.82) is 0 Å². The molecule has 0 N–H and O–H groups in total. The molecule has 0 saturated carbocycles. The molecular weight excluding hydrogens is 691 g/mol. The maximum atomic E-state index is 7.33. The summed E-state index contributed by atoms with van der Waals surface area (Å²) in [5.74, 6) is 2.18. The molecule has 7 heteroatoms. The first kappa shape index (κ1) is 42.0. The molecule has 0 aliphatic carbocycles. The lowest BCUT2D eigenvalue weighted by atomic mass is 9.81. The van der Waals surface area contributed by atoms with Crippen molar-refractivity contribution in [1.82, 2.24) is 0 Å². The van der Waals surface area contributed by atoms with Crippen LogP contribution in [0.15, 0.2) is 60.7 Å². The lowest BCUT2D eigenvalue weighted by Crippen LogP contribution is -2.50. The first-order valence-corrected chi connectivity index (χ1v) is 21.0. The van der Waals surface area contributed by atoms with Gasteiger partial charge in [-0.2, -0.15) is 0 Å². The Bertz CT molecular complexity index is 1030. The number of methoxy groups -OCH3 is 2. The fraction of sp³-hybridized carbons (Fsp3) is 0.684. The van der Waals surface area contributed by atoms with Crippen LogP contribution in [0.1, 0.15) is 74.3 Å². The summed E-state index contributed by atoms with van der Waals surface area (Å²) < 4.78 is 31.9. The predicted octanol–water partition coefficient (Wildman–Crippen LogP) is 10.7. The maximum absolute atomic E-state index is 7.33. The van der Waals surface area contributed by atoms with Gasteiger partial charge in [-0.05, 0) is 61.0 Å². The minimum absolute atomic E-state index is 0.0267. The molecule has 0 saturated heterocycles. The van der Waals surface area contributed by atoms with Crippen LogP contribution in [0.3, 0.4) is 0 Å². The molecule has 0 fully saturated rings. The van der Waals surface area contributed by atoms with Crippen molar-refractivity contribution >= 4 is 30.9 Å². The van der Waals surface area contributed by atoms with Gasteiger partial charge in [0, 0.05) is 29.3 Å². The van der Waals surface area contributed by atoms with Crippen molar-refractivity contribution in [3.05, 3.63) is 66.3 Å². The molecule has 1 rings (SSSR count). The Kier molecular flexibility index (Phi) is 19.1. The molecule has 0 unspecified atom stereocenters. The summed E-state index contributed by atoms with van der Waals surface area (Å²) in [5.41, 5.74) is 2.49. The first-order valence-electron chi connectivity index (χ1n) is 16.6. The van der Waals surface area contributed by atoms with Gasteiger partial charge in [-0.15, -0.1) is 0 Å². The molecule has 0 spiro atoms. The molecule has 1 aromatic carbocycles. The minimum Gasteiger partial charge on any atom is -0.497 e. The zero-order chi connectivity index (χ0) is 34.4. The van der Waals surface area contributed by atoms with Crippen molar-refractivity contribution in [2.75, 3.05) is 25.4 Å². The van der Waals surface area contributed by atoms with Crippen molar-refractivity contribution in [3.63, 3.8) is 0 Å². The highest BCUT2D eigenvalue weighted by Gasteiger charge is 2.43. The number of halogens is 1. The molecule has 0 aliphatic heterocycles. The van der Waals surface area contributed by atoms with E-state index in [2.05, 4.69) is 129 Å². The van der Waals surface area contributed by atoms with E-state index >= 15 is 0 Å². The van der Waals surface area contributed by atoms with Crippen molar-refractivity contribution in [2.24, 2.45) is 29.6 Å². The van der Waals surface area contributed by atoms with Crippen LogP contribution in [0.25, 0.3) is 0 Å². The topological polar surface area (TPSA) is 46.2 Å². The third kappa shape index (κ3) is 14.0. The van der Waals surface area contributed by atoms with Gasteiger partial charge in [0.25, 0.3) is 0 Å². The van der Waals surface area contributed by atoms with Crippen LogP contribution in [0, 0.1) is 29.6 Å². The van der Waals surface area contributed by atoms with E-state index in [0.29, 0.717) is 25.2 Å². The van der Waals surface area contributed by atoms with Gasteiger partial charge in [0.15, 0.2) is 8.32 Å². The summed E-state index contributed by atoms with van der Waals surface area (Å²) in [6, 6.07) is 8.14. The molecule has 5 nitrogen and oxygen atoms in total. The number of rotatable bonds is 21. The Hall–Kier alpha value is -0.973. The number of alkyl halides is 1. The number of benzene rings is 1. The van der Waals surface area contributed by atoms with Gasteiger partial charge >= 0.3 is 0 Å². The van der Waals surface area contributed by atoms with Gasteiger partial charge in [0.2, 0.25) is 0 Å². The fourth-order valence-corrected chi connectivity index (χ4v) is 7.79. The fourth-order valence-electron chi connectivity index (χ4n) is 5.81. The van der Waals surface area contributed by atoms with Crippen molar-refractivity contribution in [3.8, 4) is 5.75 Å². The van der Waals surface area contributed by atoms with E-state index in [1.165, 1.54) is 5.57 Å². The van der Waals surface area contributed by atoms with Gasteiger partial charge < -0.3 is 23.4 Å². The Morgan fingerprint density at radius 2 is 1.53 bits per heavy atom. The average Bonchev–Trinajstić information content (AvgIpc) is 2.98. The molecule has 0 amide bonds. The third-order valence-electron chi connectivity index (χ3n) is 9.40. The summed E-state index contributed by atoms with van der Waals surface area (Å²) in [6.45, 7) is 30.1. The number of allylic oxidation sites excluding steroid dienone is 3. The quantitative estimate of drug-likeness (QED) is 0.0312. The lowest BCUT2D eigenvalue weighted by Gasteiger charge is -2.45. The summed E-state index contributed by atoms with van der Waals surface area (Å²) in [4.78, 5) is 0. The van der Waals surface area contributed by atoms with Gasteiger partial charge in [-0.25, -0.2) is 0 Å². The highest BCUT2D eigenvalue weighted by atomic mass is 127. The highest BCUT2D eigenvalue weighted by Crippen LogP contribution is 2.41. The van der Waals surface area contributed by atoms with Gasteiger partial charge in [0.05, 0.1) is 32.0 Å². The second kappa shape index (κ2) is 20.4. The van der Waals surface area contributed by atoms with Crippen LogP contribution in [0.5, 0.6) is 5.75 Å². The van der Waals surface area contributed by atoms with Gasteiger partial charge in [-0.3, -0.25) is 0 Å². The minimum atomic E-state index is -2.09. The van der Waals surface area contributed by atoms with Crippen LogP contribution < -0.4 is 4.74 Å².